The Kier molecular flexibility index (Phi) is 14.6. The molecule has 0 N–H and O–H groups in total. The highest BCUT2D eigenvalue weighted by Crippen LogP contribution is 2.32. The zero-order valence-corrected chi connectivity index (χ0v) is 19.9. The lowest BCUT2D eigenvalue weighted by molar-refractivity contribution is -0.123. The van der Waals surface area contributed by atoms with E-state index in [9.17, 15) is 13.2 Å². The second kappa shape index (κ2) is 15.4. The summed E-state index contributed by atoms with van der Waals surface area (Å²) in [6, 6.07) is 4.61. The second-order valence-corrected chi connectivity index (χ2v) is 8.25. The predicted molar refractivity (Wildman–Crippen MR) is 120 cm³/mol. The third kappa shape index (κ3) is 8.35. The Morgan fingerprint density at radius 3 is 2.27 bits per heavy atom. The molecule has 1 aliphatic heterocycles. The van der Waals surface area contributed by atoms with Gasteiger partial charge >= 0.3 is 0 Å². The number of unbranched alkanes of at least 4 members (excludes halogenated alkanes) is 1. The number of rotatable bonds is 9. The summed E-state index contributed by atoms with van der Waals surface area (Å²) in [5.74, 6) is 0.543. The maximum absolute atomic E-state index is 12.5. The number of ketones is 1. The lowest BCUT2D eigenvalue weighted by Crippen LogP contribution is -2.41. The van der Waals surface area contributed by atoms with Crippen molar-refractivity contribution in [1.29, 1.82) is 0 Å². The smallest absolute Gasteiger partial charge is 0.244 e. The number of halogens is 1. The van der Waals surface area contributed by atoms with Crippen LogP contribution in [-0.4, -0.2) is 64.1 Å². The normalized spacial score (nSPS) is 14.8. The first-order chi connectivity index (χ1) is 14.3. The maximum atomic E-state index is 12.5. The van der Waals surface area contributed by atoms with Crippen LogP contribution in [0.15, 0.2) is 36.3 Å². The Morgan fingerprint density at radius 1 is 1.17 bits per heavy atom. The minimum Gasteiger partial charge on any atom is -0.496 e. The topological polar surface area (TPSA) is 82.1 Å². The lowest BCUT2D eigenvalue weighted by atomic mass is 10.1. The summed E-state index contributed by atoms with van der Waals surface area (Å²) in [6.07, 6.45) is 1.31. The highest BCUT2D eigenvalue weighted by atomic mass is 35.5. The third-order valence-electron chi connectivity index (χ3n) is 4.02. The van der Waals surface area contributed by atoms with Crippen molar-refractivity contribution in [1.82, 2.24) is 4.31 Å². The number of carbonyl (C=O) groups is 1. The summed E-state index contributed by atoms with van der Waals surface area (Å²) < 4.78 is 41.4. The van der Waals surface area contributed by atoms with Crippen molar-refractivity contribution in [2.45, 2.75) is 44.8 Å². The van der Waals surface area contributed by atoms with Gasteiger partial charge in [-0.05, 0) is 45.7 Å². The van der Waals surface area contributed by atoms with Crippen LogP contribution in [-0.2, 0) is 19.5 Å². The first-order valence-electron chi connectivity index (χ1n) is 9.82. The van der Waals surface area contributed by atoms with Crippen LogP contribution in [0.4, 0.5) is 0 Å². The zero-order valence-electron chi connectivity index (χ0n) is 18.4. The number of Topliss-reactive ketones (excluding diaryl/α,β-unsaturated/α-hetero) is 1. The molecule has 0 fully saturated rings. The van der Waals surface area contributed by atoms with E-state index < -0.39 is 10.0 Å². The Morgan fingerprint density at radius 2 is 1.77 bits per heavy atom. The molecule has 0 saturated carbocycles. The monoisotopic (exact) mass is 463 g/mol. The van der Waals surface area contributed by atoms with Crippen molar-refractivity contribution in [3.63, 3.8) is 0 Å². The molecule has 2 rings (SSSR count). The quantitative estimate of drug-likeness (QED) is 0.237. The molecule has 7 nitrogen and oxygen atoms in total. The largest absolute Gasteiger partial charge is 0.496 e. The van der Waals surface area contributed by atoms with Gasteiger partial charge in [-0.25, -0.2) is 8.42 Å². The number of benzene rings is 1. The Bertz CT molecular complexity index is 735. The summed E-state index contributed by atoms with van der Waals surface area (Å²) >= 11 is 5.59. The van der Waals surface area contributed by atoms with Crippen LogP contribution in [0.1, 0.15) is 44.0 Å². The minimum atomic E-state index is -3.64. The second-order valence-electron chi connectivity index (χ2n) is 5.97. The fourth-order valence-electron chi connectivity index (χ4n) is 2.73. The zero-order chi connectivity index (χ0) is 23.2. The van der Waals surface area contributed by atoms with Crippen molar-refractivity contribution >= 4 is 27.4 Å². The van der Waals surface area contributed by atoms with Crippen LogP contribution in [0.25, 0.3) is 0 Å². The Labute approximate surface area is 186 Å². The summed E-state index contributed by atoms with van der Waals surface area (Å²) in [5, 5.41) is 0. The SMILES string of the molecule is C=C.CCOC(C)OCC.COc1cccc2c1C(=O)CN(CCCCCl)S2(=O)=O. The van der Waals surface area contributed by atoms with Crippen molar-refractivity contribution in [3.8, 4) is 5.75 Å². The number of carbonyl (C=O) groups excluding carboxylic acids is 1. The number of nitrogens with zero attached hydrogens (tertiary/aromatic N) is 1. The molecular weight excluding hydrogens is 430 g/mol. The van der Waals surface area contributed by atoms with Gasteiger partial charge in [0.1, 0.15) is 5.75 Å². The molecule has 0 unspecified atom stereocenters. The highest BCUT2D eigenvalue weighted by Gasteiger charge is 2.37. The molecule has 0 aromatic heterocycles. The van der Waals surface area contributed by atoms with E-state index in [4.69, 9.17) is 25.8 Å². The summed E-state index contributed by atoms with van der Waals surface area (Å²) in [6.45, 7) is 13.4. The predicted octanol–water partition coefficient (Wildman–Crippen LogP) is 4.11. The molecule has 0 saturated heterocycles. The molecule has 0 radical (unpaired) electrons. The molecular formula is C21H34ClNO6S. The Balaban J connectivity index is 0.000000712. The van der Waals surface area contributed by atoms with E-state index in [2.05, 4.69) is 13.2 Å². The van der Waals surface area contributed by atoms with Gasteiger partial charge in [-0.3, -0.25) is 4.79 Å². The van der Waals surface area contributed by atoms with Gasteiger partial charge in [-0.15, -0.1) is 24.8 Å². The molecule has 1 aliphatic rings. The maximum Gasteiger partial charge on any atom is 0.244 e. The fourth-order valence-corrected chi connectivity index (χ4v) is 4.58. The van der Waals surface area contributed by atoms with Crippen molar-refractivity contribution in [3.05, 3.63) is 36.9 Å². The fraction of sp³-hybridized carbons (Fsp3) is 0.571. The highest BCUT2D eigenvalue weighted by molar-refractivity contribution is 7.89. The number of hydrogen-bond donors (Lipinski definition) is 0. The molecule has 30 heavy (non-hydrogen) atoms. The molecule has 0 aliphatic carbocycles. The summed E-state index contributed by atoms with van der Waals surface area (Å²) in [5.41, 5.74) is 0.156. The number of fused-ring (bicyclic) bond motifs is 1. The van der Waals surface area contributed by atoms with E-state index in [0.717, 1.165) is 13.2 Å². The van der Waals surface area contributed by atoms with Gasteiger partial charge in [0.15, 0.2) is 12.1 Å². The lowest BCUT2D eigenvalue weighted by Gasteiger charge is -2.28. The van der Waals surface area contributed by atoms with E-state index in [1.54, 1.807) is 12.1 Å². The molecule has 0 atom stereocenters. The number of methoxy groups -OCH3 is 1. The van der Waals surface area contributed by atoms with E-state index in [0.29, 0.717) is 31.0 Å². The average Bonchev–Trinajstić information content (AvgIpc) is 2.74. The van der Waals surface area contributed by atoms with E-state index >= 15 is 0 Å². The van der Waals surface area contributed by atoms with Crippen molar-refractivity contribution < 1.29 is 27.4 Å². The third-order valence-corrected chi connectivity index (χ3v) is 6.17. The van der Waals surface area contributed by atoms with E-state index in [1.165, 1.54) is 17.5 Å². The molecule has 1 aromatic rings. The van der Waals surface area contributed by atoms with Gasteiger partial charge in [0.25, 0.3) is 0 Å². The molecule has 1 aromatic carbocycles. The number of alkyl halides is 1. The summed E-state index contributed by atoms with van der Waals surface area (Å²) in [4.78, 5) is 12.2. The molecule has 1 heterocycles. The molecule has 0 bridgehead atoms. The average molecular weight is 464 g/mol. The van der Waals surface area contributed by atoms with Gasteiger partial charge in [0, 0.05) is 25.6 Å². The minimum absolute atomic E-state index is 0.0268. The first kappa shape index (κ1) is 28.5. The number of ether oxygens (including phenoxy) is 3. The van der Waals surface area contributed by atoms with Crippen LogP contribution in [0, 0.1) is 0 Å². The van der Waals surface area contributed by atoms with Crippen LogP contribution in [0.2, 0.25) is 0 Å². The van der Waals surface area contributed by atoms with Crippen LogP contribution in [0.3, 0.4) is 0 Å². The number of sulfonamides is 1. The van der Waals surface area contributed by atoms with E-state index in [-0.39, 0.29) is 29.1 Å². The first-order valence-corrected chi connectivity index (χ1v) is 11.8. The Hall–Kier alpha value is -1.45. The van der Waals surface area contributed by atoms with Gasteiger partial charge in [0.2, 0.25) is 10.0 Å². The summed E-state index contributed by atoms with van der Waals surface area (Å²) in [7, 11) is -2.22. The van der Waals surface area contributed by atoms with Crippen LogP contribution >= 0.6 is 11.6 Å². The number of hydrogen-bond acceptors (Lipinski definition) is 6. The van der Waals surface area contributed by atoms with Gasteiger partial charge in [-0.1, -0.05) is 6.07 Å². The van der Waals surface area contributed by atoms with Crippen molar-refractivity contribution in [2.75, 3.05) is 39.3 Å². The van der Waals surface area contributed by atoms with Gasteiger partial charge < -0.3 is 14.2 Å². The molecule has 0 spiro atoms. The molecule has 9 heteroatoms. The van der Waals surface area contributed by atoms with Gasteiger partial charge in [0.05, 0.1) is 24.1 Å². The molecule has 172 valence electrons. The van der Waals surface area contributed by atoms with Crippen LogP contribution in [0.5, 0.6) is 5.75 Å². The van der Waals surface area contributed by atoms with Gasteiger partial charge in [-0.2, -0.15) is 4.31 Å². The van der Waals surface area contributed by atoms with Crippen LogP contribution < -0.4 is 4.74 Å². The standard InChI is InChI=1S/C13H16ClNO4S.C6H14O2.C2H4/c1-19-11-5-4-6-12-13(11)10(16)9-15(20(12,17)18)8-3-2-7-14;1-4-7-6(3)8-5-2;1-2/h4-6H,2-3,7-9H2,1H3;6H,4-5H2,1-3H3;1-2H2. The van der Waals surface area contributed by atoms with Crippen molar-refractivity contribution in [2.24, 2.45) is 0 Å². The molecule has 0 amide bonds. The van der Waals surface area contributed by atoms with E-state index in [1.807, 2.05) is 20.8 Å².